The molecule has 1 aromatic rings. The third kappa shape index (κ3) is 3.10. The van der Waals surface area contributed by atoms with Gasteiger partial charge in [-0.2, -0.15) is 0 Å². The Kier molecular flexibility index (Phi) is 4.16. The summed E-state index contributed by atoms with van der Waals surface area (Å²) in [7, 11) is 2.23. The first-order valence-electron chi connectivity index (χ1n) is 7.18. The molecule has 0 spiro atoms. The van der Waals surface area contributed by atoms with Gasteiger partial charge in [0.25, 0.3) is 0 Å². The highest BCUT2D eigenvalue weighted by Gasteiger charge is 2.36. The molecule has 1 fully saturated rings. The molecule has 2 rings (SSSR count). The Hall–Kier alpha value is -1.06. The van der Waals surface area contributed by atoms with Gasteiger partial charge in [0.05, 0.1) is 0 Å². The van der Waals surface area contributed by atoms with E-state index in [-0.39, 0.29) is 5.54 Å². The lowest BCUT2D eigenvalue weighted by atomic mass is 9.93. The second-order valence-electron chi connectivity index (χ2n) is 6.37. The van der Waals surface area contributed by atoms with E-state index in [9.17, 15) is 0 Å². The first-order chi connectivity index (χ1) is 8.94. The zero-order chi connectivity index (χ0) is 14.0. The summed E-state index contributed by atoms with van der Waals surface area (Å²) in [4.78, 5) is 4.99. The lowest BCUT2D eigenvalue weighted by molar-refractivity contribution is 0.0770. The fourth-order valence-electron chi connectivity index (χ4n) is 2.94. The Bertz CT molecular complexity index is 411. The first-order valence-corrected chi connectivity index (χ1v) is 7.18. The molecule has 0 amide bonds. The van der Waals surface area contributed by atoms with E-state index in [1.54, 1.807) is 0 Å². The van der Waals surface area contributed by atoms with Crippen LogP contribution in [0.5, 0.6) is 0 Å². The van der Waals surface area contributed by atoms with Crippen LogP contribution < -0.4 is 10.6 Å². The molecule has 1 atom stereocenters. The number of anilines is 1. The van der Waals surface area contributed by atoms with E-state index in [0.717, 1.165) is 26.1 Å². The van der Waals surface area contributed by atoms with Gasteiger partial charge in [0.2, 0.25) is 0 Å². The van der Waals surface area contributed by atoms with E-state index in [1.165, 1.54) is 11.3 Å². The number of hydrogen-bond acceptors (Lipinski definition) is 3. The molecular formula is C16H27N3. The van der Waals surface area contributed by atoms with E-state index in [2.05, 4.69) is 61.9 Å². The quantitative estimate of drug-likeness (QED) is 0.906. The standard InChI is InChI=1S/C16H27N3/c1-13-5-7-14(8-6-13)19-11-15(9-10-17)18(4)16(2,3)12-19/h5-8,15H,9-12,17H2,1-4H3. The number of likely N-dealkylation sites (N-methyl/N-ethyl adjacent to an activating group) is 1. The molecule has 1 aliphatic rings. The number of benzene rings is 1. The van der Waals surface area contributed by atoms with Crippen LogP contribution in [0, 0.1) is 6.92 Å². The Morgan fingerprint density at radius 3 is 2.47 bits per heavy atom. The van der Waals surface area contributed by atoms with Crippen molar-refractivity contribution in [1.82, 2.24) is 4.90 Å². The van der Waals surface area contributed by atoms with Crippen molar-refractivity contribution in [2.24, 2.45) is 5.73 Å². The monoisotopic (exact) mass is 261 g/mol. The first kappa shape index (κ1) is 14.4. The zero-order valence-electron chi connectivity index (χ0n) is 12.7. The van der Waals surface area contributed by atoms with Gasteiger partial charge in [0.15, 0.2) is 0 Å². The molecule has 1 unspecified atom stereocenters. The smallest absolute Gasteiger partial charge is 0.0367 e. The van der Waals surface area contributed by atoms with Crippen LogP contribution in [0.4, 0.5) is 5.69 Å². The highest BCUT2D eigenvalue weighted by Crippen LogP contribution is 2.28. The van der Waals surface area contributed by atoms with Gasteiger partial charge in [0, 0.05) is 30.4 Å². The van der Waals surface area contributed by atoms with Crippen molar-refractivity contribution in [3.8, 4) is 0 Å². The number of rotatable bonds is 3. The normalized spacial score (nSPS) is 23.6. The largest absolute Gasteiger partial charge is 0.368 e. The molecule has 0 saturated carbocycles. The van der Waals surface area contributed by atoms with E-state index in [1.807, 2.05) is 0 Å². The summed E-state index contributed by atoms with van der Waals surface area (Å²) in [5.41, 5.74) is 8.60. The summed E-state index contributed by atoms with van der Waals surface area (Å²) in [6, 6.07) is 9.39. The van der Waals surface area contributed by atoms with Crippen LogP contribution in [0.3, 0.4) is 0 Å². The molecule has 0 aromatic heterocycles. The van der Waals surface area contributed by atoms with Crippen LogP contribution in [0.1, 0.15) is 25.8 Å². The van der Waals surface area contributed by atoms with Crippen molar-refractivity contribution >= 4 is 5.69 Å². The highest BCUT2D eigenvalue weighted by atomic mass is 15.3. The van der Waals surface area contributed by atoms with Crippen LogP contribution in [0.15, 0.2) is 24.3 Å². The van der Waals surface area contributed by atoms with Gasteiger partial charge in [-0.15, -0.1) is 0 Å². The van der Waals surface area contributed by atoms with Crippen LogP contribution in [-0.4, -0.2) is 43.2 Å². The molecule has 0 radical (unpaired) electrons. The second-order valence-corrected chi connectivity index (χ2v) is 6.37. The van der Waals surface area contributed by atoms with Crippen molar-refractivity contribution in [3.63, 3.8) is 0 Å². The predicted molar refractivity (Wildman–Crippen MR) is 82.7 cm³/mol. The Balaban J connectivity index is 2.20. The number of nitrogens with two attached hydrogens (primary N) is 1. The molecule has 3 heteroatoms. The third-order valence-corrected chi connectivity index (χ3v) is 4.41. The van der Waals surface area contributed by atoms with Crippen LogP contribution >= 0.6 is 0 Å². The summed E-state index contributed by atoms with van der Waals surface area (Å²) < 4.78 is 0. The molecular weight excluding hydrogens is 234 g/mol. The molecule has 1 aliphatic heterocycles. The number of piperazine rings is 1. The molecule has 1 heterocycles. The number of hydrogen-bond donors (Lipinski definition) is 1. The molecule has 0 bridgehead atoms. The third-order valence-electron chi connectivity index (χ3n) is 4.41. The minimum absolute atomic E-state index is 0.184. The van der Waals surface area contributed by atoms with Crippen LogP contribution in [-0.2, 0) is 0 Å². The predicted octanol–water partition coefficient (Wildman–Crippen LogP) is 2.24. The molecule has 106 valence electrons. The van der Waals surface area contributed by atoms with Gasteiger partial charge in [0.1, 0.15) is 0 Å². The molecule has 2 N–H and O–H groups in total. The van der Waals surface area contributed by atoms with Crippen molar-refractivity contribution in [2.45, 2.75) is 38.8 Å². The summed E-state index contributed by atoms with van der Waals surface area (Å²) in [5.74, 6) is 0. The maximum atomic E-state index is 5.77. The van der Waals surface area contributed by atoms with E-state index < -0.39 is 0 Å². The zero-order valence-corrected chi connectivity index (χ0v) is 12.7. The Morgan fingerprint density at radius 2 is 1.89 bits per heavy atom. The van der Waals surface area contributed by atoms with E-state index >= 15 is 0 Å². The van der Waals surface area contributed by atoms with Crippen molar-refractivity contribution in [2.75, 3.05) is 31.6 Å². The minimum Gasteiger partial charge on any atom is -0.368 e. The van der Waals surface area contributed by atoms with E-state index in [4.69, 9.17) is 5.73 Å². The number of aryl methyl sites for hydroxylation is 1. The Morgan fingerprint density at radius 1 is 1.26 bits per heavy atom. The van der Waals surface area contributed by atoms with Gasteiger partial charge < -0.3 is 10.6 Å². The fourth-order valence-corrected chi connectivity index (χ4v) is 2.94. The van der Waals surface area contributed by atoms with Crippen LogP contribution in [0.2, 0.25) is 0 Å². The Labute approximate surface area is 117 Å². The highest BCUT2D eigenvalue weighted by molar-refractivity contribution is 5.48. The summed E-state index contributed by atoms with van der Waals surface area (Å²) in [6.07, 6.45) is 1.06. The average Bonchev–Trinajstić information content (AvgIpc) is 2.36. The SMILES string of the molecule is Cc1ccc(N2CC(CCN)N(C)C(C)(C)C2)cc1. The fraction of sp³-hybridized carbons (Fsp3) is 0.625. The summed E-state index contributed by atoms with van der Waals surface area (Å²) in [5, 5.41) is 0. The maximum absolute atomic E-state index is 5.77. The molecule has 19 heavy (non-hydrogen) atoms. The van der Waals surface area contributed by atoms with Crippen LogP contribution in [0.25, 0.3) is 0 Å². The van der Waals surface area contributed by atoms with Gasteiger partial charge in [-0.05, 0) is 52.9 Å². The minimum atomic E-state index is 0.184. The second kappa shape index (κ2) is 5.51. The van der Waals surface area contributed by atoms with Gasteiger partial charge in [-0.25, -0.2) is 0 Å². The van der Waals surface area contributed by atoms with Gasteiger partial charge in [-0.3, -0.25) is 4.90 Å². The topological polar surface area (TPSA) is 32.5 Å². The lowest BCUT2D eigenvalue weighted by Crippen LogP contribution is -2.62. The van der Waals surface area contributed by atoms with Crippen molar-refractivity contribution < 1.29 is 0 Å². The molecule has 3 nitrogen and oxygen atoms in total. The van der Waals surface area contributed by atoms with Gasteiger partial charge in [-0.1, -0.05) is 17.7 Å². The van der Waals surface area contributed by atoms with Gasteiger partial charge >= 0.3 is 0 Å². The number of nitrogens with zero attached hydrogens (tertiary/aromatic N) is 2. The van der Waals surface area contributed by atoms with E-state index in [0.29, 0.717) is 6.04 Å². The summed E-state index contributed by atoms with van der Waals surface area (Å²) >= 11 is 0. The molecule has 1 aromatic carbocycles. The maximum Gasteiger partial charge on any atom is 0.0367 e. The van der Waals surface area contributed by atoms with Crippen molar-refractivity contribution in [3.05, 3.63) is 29.8 Å². The molecule has 1 saturated heterocycles. The summed E-state index contributed by atoms with van der Waals surface area (Å²) in [6.45, 7) is 9.66. The average molecular weight is 261 g/mol. The molecule has 0 aliphatic carbocycles. The lowest BCUT2D eigenvalue weighted by Gasteiger charge is -2.51. The van der Waals surface area contributed by atoms with Crippen molar-refractivity contribution in [1.29, 1.82) is 0 Å².